The number of nitriles is 1. The van der Waals surface area contributed by atoms with Gasteiger partial charge < -0.3 is 9.47 Å². The summed E-state index contributed by atoms with van der Waals surface area (Å²) in [7, 11) is 3.27. The second kappa shape index (κ2) is 6.62. The minimum Gasteiger partial charge on any atom is -0.497 e. The third kappa shape index (κ3) is 3.05. The first-order valence-corrected chi connectivity index (χ1v) is 7.05. The van der Waals surface area contributed by atoms with Crippen LogP contribution in [0.2, 0.25) is 0 Å². The molecule has 1 heterocycles. The molecular weight excluding hydrogens is 252 g/mol. The molecule has 108 valence electrons. The van der Waals surface area contributed by atoms with E-state index in [1.54, 1.807) is 14.2 Å². The summed E-state index contributed by atoms with van der Waals surface area (Å²) in [5, 5.41) is 9.61. The van der Waals surface area contributed by atoms with E-state index in [2.05, 4.69) is 17.9 Å². The number of ether oxygens (including phenoxy) is 2. The maximum absolute atomic E-state index is 9.61. The van der Waals surface area contributed by atoms with Gasteiger partial charge in [-0.25, -0.2) is 0 Å². The molecule has 1 aromatic rings. The first-order valence-electron chi connectivity index (χ1n) is 7.05. The van der Waals surface area contributed by atoms with Gasteiger partial charge in [-0.05, 0) is 43.5 Å². The minimum atomic E-state index is -0.275. The molecule has 1 aliphatic heterocycles. The van der Waals surface area contributed by atoms with Crippen molar-refractivity contribution in [1.82, 2.24) is 4.90 Å². The topological polar surface area (TPSA) is 45.5 Å². The molecule has 0 radical (unpaired) electrons. The lowest BCUT2D eigenvalue weighted by Crippen LogP contribution is -2.37. The van der Waals surface area contributed by atoms with Crippen molar-refractivity contribution < 1.29 is 9.47 Å². The number of piperidine rings is 1. The minimum absolute atomic E-state index is 0.275. The van der Waals surface area contributed by atoms with Gasteiger partial charge in [-0.1, -0.05) is 6.92 Å². The summed E-state index contributed by atoms with van der Waals surface area (Å²) in [4.78, 5) is 2.24. The van der Waals surface area contributed by atoms with E-state index in [1.807, 2.05) is 18.2 Å². The lowest BCUT2D eigenvalue weighted by atomic mass is 9.96. The SMILES string of the molecule is COc1ccc(OC)c(C(C#N)N2CCCC(C)C2)c1. The highest BCUT2D eigenvalue weighted by Crippen LogP contribution is 2.34. The van der Waals surface area contributed by atoms with Crippen LogP contribution in [-0.2, 0) is 0 Å². The van der Waals surface area contributed by atoms with Crippen LogP contribution in [-0.4, -0.2) is 32.2 Å². The number of hydrogen-bond acceptors (Lipinski definition) is 4. The maximum atomic E-state index is 9.61. The van der Waals surface area contributed by atoms with E-state index >= 15 is 0 Å². The molecule has 0 spiro atoms. The third-order valence-electron chi connectivity index (χ3n) is 3.91. The Labute approximate surface area is 120 Å². The van der Waals surface area contributed by atoms with E-state index in [9.17, 15) is 5.26 Å². The molecule has 4 heteroatoms. The molecular formula is C16H22N2O2. The summed E-state index contributed by atoms with van der Waals surface area (Å²) in [5.74, 6) is 2.14. The van der Waals surface area contributed by atoms with Gasteiger partial charge >= 0.3 is 0 Å². The zero-order valence-electron chi connectivity index (χ0n) is 12.4. The number of rotatable bonds is 4. The second-order valence-electron chi connectivity index (χ2n) is 5.38. The normalized spacial score (nSPS) is 21.0. The third-order valence-corrected chi connectivity index (χ3v) is 3.91. The second-order valence-corrected chi connectivity index (χ2v) is 5.38. The lowest BCUT2D eigenvalue weighted by Gasteiger charge is -2.34. The standard InChI is InChI=1S/C16H22N2O2/c1-12-5-4-8-18(11-12)15(10-17)14-9-13(19-2)6-7-16(14)20-3/h6-7,9,12,15H,4-5,8,11H2,1-3H3. The Morgan fingerprint density at radius 2 is 2.15 bits per heavy atom. The zero-order valence-corrected chi connectivity index (χ0v) is 12.4. The Balaban J connectivity index is 2.33. The largest absolute Gasteiger partial charge is 0.497 e. The summed E-state index contributed by atoms with van der Waals surface area (Å²) in [6.45, 7) is 4.16. The Morgan fingerprint density at radius 1 is 1.35 bits per heavy atom. The molecule has 2 atom stereocenters. The predicted molar refractivity (Wildman–Crippen MR) is 77.9 cm³/mol. The first-order chi connectivity index (χ1) is 9.69. The van der Waals surface area contributed by atoms with Crippen molar-refractivity contribution in [3.05, 3.63) is 23.8 Å². The molecule has 0 N–H and O–H groups in total. The van der Waals surface area contributed by atoms with E-state index in [1.165, 1.54) is 6.42 Å². The van der Waals surface area contributed by atoms with Gasteiger partial charge in [0.1, 0.15) is 17.5 Å². The smallest absolute Gasteiger partial charge is 0.127 e. The molecule has 2 unspecified atom stereocenters. The predicted octanol–water partition coefficient (Wildman–Crippen LogP) is 3.00. The fraction of sp³-hybridized carbons (Fsp3) is 0.562. The van der Waals surface area contributed by atoms with Crippen LogP contribution in [0.1, 0.15) is 31.4 Å². The van der Waals surface area contributed by atoms with Gasteiger partial charge in [0.05, 0.1) is 20.3 Å². The lowest BCUT2D eigenvalue weighted by molar-refractivity contribution is 0.154. The van der Waals surface area contributed by atoms with Crippen LogP contribution in [0, 0.1) is 17.2 Å². The number of nitrogens with zero attached hydrogens (tertiary/aromatic N) is 2. The number of benzene rings is 1. The molecule has 1 fully saturated rings. The van der Waals surface area contributed by atoms with Crippen molar-refractivity contribution in [1.29, 1.82) is 5.26 Å². The highest BCUT2D eigenvalue weighted by atomic mass is 16.5. The molecule has 1 aromatic carbocycles. The van der Waals surface area contributed by atoms with Crippen molar-refractivity contribution in [3.63, 3.8) is 0 Å². The molecule has 1 aliphatic rings. The van der Waals surface area contributed by atoms with E-state index < -0.39 is 0 Å². The maximum Gasteiger partial charge on any atom is 0.127 e. The van der Waals surface area contributed by atoms with E-state index in [4.69, 9.17) is 9.47 Å². The van der Waals surface area contributed by atoms with Crippen molar-refractivity contribution in [2.75, 3.05) is 27.3 Å². The van der Waals surface area contributed by atoms with Crippen LogP contribution < -0.4 is 9.47 Å². The number of likely N-dealkylation sites (tertiary alicyclic amines) is 1. The van der Waals surface area contributed by atoms with Crippen LogP contribution in [0.4, 0.5) is 0 Å². The van der Waals surface area contributed by atoms with Crippen LogP contribution in [0.3, 0.4) is 0 Å². The highest BCUT2D eigenvalue weighted by molar-refractivity contribution is 5.44. The molecule has 2 rings (SSSR count). The van der Waals surface area contributed by atoms with Gasteiger partial charge in [0, 0.05) is 12.1 Å². The molecule has 0 aromatic heterocycles. The summed E-state index contributed by atoms with van der Waals surface area (Å²) < 4.78 is 10.7. The zero-order chi connectivity index (χ0) is 14.5. The average molecular weight is 274 g/mol. The average Bonchev–Trinajstić information content (AvgIpc) is 2.48. The van der Waals surface area contributed by atoms with Crippen LogP contribution in [0.5, 0.6) is 11.5 Å². The van der Waals surface area contributed by atoms with E-state index in [-0.39, 0.29) is 6.04 Å². The molecule has 0 aliphatic carbocycles. The van der Waals surface area contributed by atoms with Gasteiger partial charge in [0.25, 0.3) is 0 Å². The molecule has 0 amide bonds. The Morgan fingerprint density at radius 3 is 2.75 bits per heavy atom. The van der Waals surface area contributed by atoms with Gasteiger partial charge in [-0.2, -0.15) is 5.26 Å². The fourth-order valence-electron chi connectivity index (χ4n) is 2.86. The Kier molecular flexibility index (Phi) is 4.86. The van der Waals surface area contributed by atoms with Crippen molar-refractivity contribution >= 4 is 0 Å². The molecule has 0 saturated carbocycles. The summed E-state index contributed by atoms with van der Waals surface area (Å²) in [5.41, 5.74) is 0.892. The number of hydrogen-bond donors (Lipinski definition) is 0. The molecule has 4 nitrogen and oxygen atoms in total. The number of methoxy groups -OCH3 is 2. The van der Waals surface area contributed by atoms with E-state index in [0.29, 0.717) is 5.92 Å². The van der Waals surface area contributed by atoms with Crippen molar-refractivity contribution in [2.45, 2.75) is 25.8 Å². The van der Waals surface area contributed by atoms with Crippen LogP contribution in [0.25, 0.3) is 0 Å². The summed E-state index contributed by atoms with van der Waals surface area (Å²) in [6, 6.07) is 7.78. The monoisotopic (exact) mass is 274 g/mol. The molecule has 1 saturated heterocycles. The quantitative estimate of drug-likeness (QED) is 0.846. The molecule has 20 heavy (non-hydrogen) atoms. The first kappa shape index (κ1) is 14.7. The molecule has 0 bridgehead atoms. The van der Waals surface area contributed by atoms with Gasteiger partial charge in [0.15, 0.2) is 0 Å². The fourth-order valence-corrected chi connectivity index (χ4v) is 2.86. The Hall–Kier alpha value is -1.73. The van der Waals surface area contributed by atoms with Crippen molar-refractivity contribution in [2.24, 2.45) is 5.92 Å². The van der Waals surface area contributed by atoms with Gasteiger partial charge in [0.2, 0.25) is 0 Å². The summed E-state index contributed by atoms with van der Waals surface area (Å²) in [6.07, 6.45) is 2.38. The van der Waals surface area contributed by atoms with Gasteiger partial charge in [-0.3, -0.25) is 4.90 Å². The van der Waals surface area contributed by atoms with Crippen LogP contribution in [0.15, 0.2) is 18.2 Å². The van der Waals surface area contributed by atoms with E-state index in [0.717, 1.165) is 36.6 Å². The Bertz CT molecular complexity index is 496. The van der Waals surface area contributed by atoms with Crippen molar-refractivity contribution in [3.8, 4) is 17.6 Å². The van der Waals surface area contributed by atoms with Gasteiger partial charge in [-0.15, -0.1) is 0 Å². The highest BCUT2D eigenvalue weighted by Gasteiger charge is 2.27. The summed E-state index contributed by atoms with van der Waals surface area (Å²) >= 11 is 0. The van der Waals surface area contributed by atoms with Crippen LogP contribution >= 0.6 is 0 Å².